The molecule has 2 atom stereocenters. The van der Waals surface area contributed by atoms with Gasteiger partial charge < -0.3 is 55.8 Å². The Bertz CT molecular complexity index is 2730. The molecular weight excluding hydrogens is 939 g/mol. The highest BCUT2D eigenvalue weighted by Crippen LogP contribution is 2.39. The maximum atomic E-state index is 14.9. The third-order valence-corrected chi connectivity index (χ3v) is 10.3. The Morgan fingerprint density at radius 3 is 1.28 bits per heavy atom. The molecule has 0 amide bonds. The molecule has 6 heterocycles. The summed E-state index contributed by atoms with van der Waals surface area (Å²) < 4.78 is 84.8. The van der Waals surface area contributed by atoms with E-state index in [0.717, 1.165) is 37.8 Å². The first kappa shape index (κ1) is 53.4. The van der Waals surface area contributed by atoms with Gasteiger partial charge in [-0.25, -0.2) is 28.3 Å². The Hall–Kier alpha value is -6.24. The lowest BCUT2D eigenvalue weighted by Gasteiger charge is -2.19. The summed E-state index contributed by atoms with van der Waals surface area (Å²) in [6.45, 7) is 2.15. The van der Waals surface area contributed by atoms with Gasteiger partial charge in [-0.15, -0.1) is 0 Å². The van der Waals surface area contributed by atoms with Crippen molar-refractivity contribution in [2.45, 2.75) is 37.8 Å². The van der Waals surface area contributed by atoms with E-state index in [1.807, 2.05) is 0 Å². The van der Waals surface area contributed by atoms with E-state index in [0.29, 0.717) is 63.2 Å². The van der Waals surface area contributed by atoms with Gasteiger partial charge in [0, 0.05) is 62.5 Å². The van der Waals surface area contributed by atoms with E-state index in [9.17, 15) is 55.0 Å². The Labute approximate surface area is 380 Å². The summed E-state index contributed by atoms with van der Waals surface area (Å²) in [5.74, 6) is -4.05. The lowest BCUT2D eigenvalue weighted by Crippen LogP contribution is -2.26. The topological polar surface area (TPSA) is 386 Å². The number of hydrogen-bond acceptors (Lipinski definition) is 18. The van der Waals surface area contributed by atoms with Gasteiger partial charge in [-0.2, -0.15) is 16.8 Å². The van der Waals surface area contributed by atoms with Crippen molar-refractivity contribution in [2.24, 2.45) is 33.6 Å². The largest absolute Gasteiger partial charge is 0.477 e. The molecule has 0 spiro atoms. The number of carboxylic acids is 2. The SMILES string of the molecule is CO/N=C1\CN(c2nc3c(cc2F)c(=O)c(C(=O)O)cn3C2CC2)CC1CN.CO/N=C1\CN(c2nc3c(cc2F)c(=O)c(C(=O)O)cn3C2CC2)CC1CN.CS(=O)(=O)O.CS(=O)(=O)O.O. The number of halogens is 2. The number of oxime groups is 2. The highest BCUT2D eigenvalue weighted by molar-refractivity contribution is 7.85. The summed E-state index contributed by atoms with van der Waals surface area (Å²) in [6.07, 6.45) is 7.47. The third-order valence-electron chi connectivity index (χ3n) is 10.3. The normalized spacial score (nSPS) is 19.2. The molecule has 29 heteroatoms. The molecule has 4 aliphatic rings. The fourth-order valence-electron chi connectivity index (χ4n) is 7.19. The molecule has 2 saturated carbocycles. The standard InChI is InChI=1S/2C18H20FN5O4.2CH4O3S.H2O/c2*1-28-22-14-8-23(6-9(14)5-20)17-13(19)4-11-15(25)12(18(26)27)7-24(10-2-3-10)16(11)21-17;2*1-5(2,3)4;/h2*4,7,9-10H,2-3,5-6,8,20H2,1H3,(H,26,27);2*1H3,(H,2,3,4);1H2/b2*22-14+;;;. The molecule has 10 N–H and O–H groups in total. The molecule has 25 nitrogen and oxygen atoms in total. The molecule has 8 rings (SSSR count). The van der Waals surface area contributed by atoms with Gasteiger partial charge in [0.15, 0.2) is 23.3 Å². The van der Waals surface area contributed by atoms with E-state index in [1.54, 1.807) is 18.9 Å². The number of carbonyl (C=O) groups is 2. The van der Waals surface area contributed by atoms with Crippen LogP contribution in [0.5, 0.6) is 0 Å². The zero-order chi connectivity index (χ0) is 49.0. The van der Waals surface area contributed by atoms with Crippen LogP contribution in [-0.2, 0) is 29.9 Å². The fourth-order valence-corrected chi connectivity index (χ4v) is 7.19. The van der Waals surface area contributed by atoms with Gasteiger partial charge in [-0.1, -0.05) is 10.3 Å². The van der Waals surface area contributed by atoms with Crippen molar-refractivity contribution in [3.8, 4) is 0 Å². The van der Waals surface area contributed by atoms with Gasteiger partial charge in [-0.05, 0) is 37.8 Å². The minimum atomic E-state index is -3.67. The predicted octanol–water partition coefficient (Wildman–Crippen LogP) is 0.115. The van der Waals surface area contributed by atoms with Gasteiger partial charge in [-0.3, -0.25) is 18.7 Å². The number of pyridine rings is 4. The minimum Gasteiger partial charge on any atom is -0.477 e. The molecule has 4 aromatic rings. The maximum absolute atomic E-state index is 14.9. The van der Waals surface area contributed by atoms with E-state index in [1.165, 1.54) is 26.6 Å². The predicted molar refractivity (Wildman–Crippen MR) is 239 cm³/mol. The molecule has 2 aliphatic carbocycles. The van der Waals surface area contributed by atoms with E-state index < -0.39 is 54.7 Å². The summed E-state index contributed by atoms with van der Waals surface area (Å²) in [5.41, 5.74) is 11.3. The van der Waals surface area contributed by atoms with Crippen LogP contribution in [-0.4, -0.2) is 150 Å². The number of nitrogens with zero attached hydrogens (tertiary/aromatic N) is 8. The summed E-state index contributed by atoms with van der Waals surface area (Å²) in [4.78, 5) is 69.8. The van der Waals surface area contributed by atoms with Crippen LogP contribution in [0.2, 0.25) is 0 Å². The first-order chi connectivity index (χ1) is 30.9. The molecule has 2 aliphatic heterocycles. The van der Waals surface area contributed by atoms with Gasteiger partial charge in [0.1, 0.15) is 36.6 Å². The van der Waals surface area contributed by atoms with Crippen molar-refractivity contribution in [2.75, 3.05) is 75.8 Å². The molecular formula is C38H50F2N10O15S2. The van der Waals surface area contributed by atoms with Crippen molar-refractivity contribution < 1.29 is 69.7 Å². The Morgan fingerprint density at radius 1 is 0.716 bits per heavy atom. The second-order valence-corrected chi connectivity index (χ2v) is 18.5. The van der Waals surface area contributed by atoms with Gasteiger partial charge in [0.25, 0.3) is 20.2 Å². The zero-order valence-corrected chi connectivity index (χ0v) is 38.0. The van der Waals surface area contributed by atoms with Crippen molar-refractivity contribution in [3.63, 3.8) is 0 Å². The average Bonchev–Trinajstić information content (AvgIpc) is 4.16. The lowest BCUT2D eigenvalue weighted by atomic mass is 10.1. The van der Waals surface area contributed by atoms with E-state index in [-0.39, 0.29) is 74.2 Å². The van der Waals surface area contributed by atoms with Crippen molar-refractivity contribution >= 4 is 77.3 Å². The van der Waals surface area contributed by atoms with E-state index in [4.69, 9.17) is 30.2 Å². The number of nitrogens with two attached hydrogens (primary N) is 2. The van der Waals surface area contributed by atoms with Crippen molar-refractivity contribution in [1.82, 2.24) is 19.1 Å². The zero-order valence-electron chi connectivity index (χ0n) is 36.4. The van der Waals surface area contributed by atoms with Crippen molar-refractivity contribution in [1.29, 1.82) is 0 Å². The number of aromatic carboxylic acids is 2. The van der Waals surface area contributed by atoms with Crippen LogP contribution >= 0.6 is 0 Å². The molecule has 368 valence electrons. The highest BCUT2D eigenvalue weighted by Gasteiger charge is 2.35. The van der Waals surface area contributed by atoms with Gasteiger partial charge >= 0.3 is 11.9 Å². The van der Waals surface area contributed by atoms with Gasteiger partial charge in [0.2, 0.25) is 10.9 Å². The monoisotopic (exact) mass is 988 g/mol. The second kappa shape index (κ2) is 21.6. The molecule has 4 fully saturated rings. The smallest absolute Gasteiger partial charge is 0.341 e. The lowest BCUT2D eigenvalue weighted by molar-refractivity contribution is 0.0684. The molecule has 0 aromatic carbocycles. The summed E-state index contributed by atoms with van der Waals surface area (Å²) in [5, 5.41) is 26.5. The van der Waals surface area contributed by atoms with Crippen LogP contribution in [0.25, 0.3) is 22.1 Å². The van der Waals surface area contributed by atoms with Gasteiger partial charge in [0.05, 0.1) is 47.8 Å². The van der Waals surface area contributed by atoms with Crippen LogP contribution in [0.3, 0.4) is 0 Å². The molecule has 4 aromatic heterocycles. The third kappa shape index (κ3) is 13.4. The Morgan fingerprint density at radius 2 is 1.03 bits per heavy atom. The molecule has 2 unspecified atom stereocenters. The summed E-state index contributed by atoms with van der Waals surface area (Å²) in [7, 11) is -4.46. The number of rotatable bonds is 10. The molecule has 2 saturated heterocycles. The number of carboxylic acid groups (broad SMARTS) is 2. The number of aromatic nitrogens is 4. The average molecular weight is 989 g/mol. The van der Waals surface area contributed by atoms with Crippen LogP contribution in [0, 0.1) is 23.5 Å². The van der Waals surface area contributed by atoms with Crippen LogP contribution in [0.1, 0.15) is 58.5 Å². The minimum absolute atomic E-state index is 0. The maximum Gasteiger partial charge on any atom is 0.341 e. The quantitative estimate of drug-likeness (QED) is 0.0907. The molecule has 0 bridgehead atoms. The number of anilines is 2. The Balaban J connectivity index is 0.000000241. The fraction of sp³-hybridized carbons (Fsp3) is 0.474. The molecule has 0 radical (unpaired) electrons. The first-order valence-corrected chi connectivity index (χ1v) is 23.5. The first-order valence-electron chi connectivity index (χ1n) is 19.8. The highest BCUT2D eigenvalue weighted by atomic mass is 32.2. The van der Waals surface area contributed by atoms with E-state index in [2.05, 4.69) is 20.3 Å². The number of hydrogen-bond donors (Lipinski definition) is 6. The van der Waals surface area contributed by atoms with Crippen LogP contribution in [0.15, 0.2) is 44.4 Å². The molecule has 67 heavy (non-hydrogen) atoms. The summed E-state index contributed by atoms with van der Waals surface area (Å²) in [6, 6.07) is 2.28. The Kier molecular flexibility index (Phi) is 17.2. The van der Waals surface area contributed by atoms with E-state index >= 15 is 0 Å². The van der Waals surface area contributed by atoms with Crippen LogP contribution in [0.4, 0.5) is 20.4 Å². The summed E-state index contributed by atoms with van der Waals surface area (Å²) >= 11 is 0. The second-order valence-electron chi connectivity index (χ2n) is 15.6. The van der Waals surface area contributed by atoms with Crippen molar-refractivity contribution in [3.05, 3.63) is 67.7 Å². The number of fused-ring (bicyclic) bond motifs is 2. The van der Waals surface area contributed by atoms with Crippen LogP contribution < -0.4 is 32.1 Å².